The summed E-state index contributed by atoms with van der Waals surface area (Å²) in [6.07, 6.45) is 0.933. The minimum atomic E-state index is -3.35. The van der Waals surface area contributed by atoms with Crippen LogP contribution >= 0.6 is 0 Å². The molecule has 52 valence electrons. The summed E-state index contributed by atoms with van der Waals surface area (Å²) in [5, 5.41) is 8.04. The van der Waals surface area contributed by atoms with Crippen LogP contribution < -0.4 is 29.6 Å². The topological polar surface area (TPSA) is 63.6 Å². The molecule has 0 aliphatic carbocycles. The molecule has 1 N–H and O–H groups in total. The van der Waals surface area contributed by atoms with Gasteiger partial charge in [0.05, 0.1) is 19.5 Å². The molecule has 6 heteroatoms. The van der Waals surface area contributed by atoms with E-state index in [1.807, 2.05) is 0 Å². The molecule has 0 aliphatic rings. The van der Waals surface area contributed by atoms with Crippen LogP contribution in [0, 0.1) is 0 Å². The summed E-state index contributed by atoms with van der Waals surface area (Å²) in [6, 6.07) is 0. The van der Waals surface area contributed by atoms with E-state index in [-0.39, 0.29) is 44.2 Å². The van der Waals surface area contributed by atoms with Gasteiger partial charge in [-0.05, 0) is 0 Å². The van der Waals surface area contributed by atoms with Crippen LogP contribution in [0.2, 0.25) is 0 Å². The smallest absolute Gasteiger partial charge is 1.00 e. The third-order valence-corrected chi connectivity index (χ3v) is 0.984. The molecule has 0 saturated heterocycles. The zero-order valence-electron chi connectivity index (χ0n) is 6.49. The number of hydrogen-bond acceptors (Lipinski definition) is 4. The molecular weight excluding hydrogens is 155 g/mol. The van der Waals surface area contributed by atoms with E-state index in [2.05, 4.69) is 4.18 Å². The average molecular weight is 164 g/mol. The van der Waals surface area contributed by atoms with Gasteiger partial charge in [0, 0.05) is 0 Å². The predicted molar refractivity (Wildman–Crippen MR) is 29.0 cm³/mol. The van der Waals surface area contributed by atoms with Crippen molar-refractivity contribution in [1.29, 1.82) is 0 Å². The van der Waals surface area contributed by atoms with E-state index in [0.717, 1.165) is 6.26 Å². The Bertz CT molecular complexity index is 145. The number of rotatable bonds is 3. The third-order valence-electron chi connectivity index (χ3n) is 0.389. The van der Waals surface area contributed by atoms with Crippen molar-refractivity contribution in [2.45, 2.75) is 0 Å². The monoisotopic (exact) mass is 164 g/mol. The summed E-state index contributed by atoms with van der Waals surface area (Å²) in [4.78, 5) is 0. The maximum absolute atomic E-state index is 10.1. The second-order valence-electron chi connectivity index (χ2n) is 1.25. The normalized spacial score (nSPS) is 10.4. The van der Waals surface area contributed by atoms with Crippen LogP contribution in [0.1, 0.15) is 1.43 Å². The summed E-state index contributed by atoms with van der Waals surface area (Å²) in [6.45, 7) is -0.425. The van der Waals surface area contributed by atoms with E-state index >= 15 is 0 Å². The van der Waals surface area contributed by atoms with Gasteiger partial charge < -0.3 is 6.53 Å². The Balaban J connectivity index is -0.000000245. The fourth-order valence-electron chi connectivity index (χ4n) is 0.189. The Kier molecular flexibility index (Phi) is 7.86. The number of aliphatic hydroxyl groups excluding tert-OH is 1. The van der Waals surface area contributed by atoms with Crippen LogP contribution in [-0.4, -0.2) is 33.0 Å². The first kappa shape index (κ1) is 12.5. The quantitative estimate of drug-likeness (QED) is 0.342. The Morgan fingerprint density at radius 3 is 2.22 bits per heavy atom. The molecule has 4 nitrogen and oxygen atoms in total. The first-order valence-electron chi connectivity index (χ1n) is 2.01. The predicted octanol–water partition coefficient (Wildman–Crippen LogP) is -3.93. The Labute approximate surface area is 78.1 Å². The maximum Gasteiger partial charge on any atom is 1.00 e. The minimum Gasteiger partial charge on any atom is -1.00 e. The first-order chi connectivity index (χ1) is 3.56. The summed E-state index contributed by atoms with van der Waals surface area (Å²) in [5.74, 6) is 0. The summed E-state index contributed by atoms with van der Waals surface area (Å²) in [7, 11) is -3.35. The third kappa shape index (κ3) is 12.1. The summed E-state index contributed by atoms with van der Waals surface area (Å²) in [5.41, 5.74) is 0. The van der Waals surface area contributed by atoms with Crippen molar-refractivity contribution in [2.75, 3.05) is 19.5 Å². The van der Waals surface area contributed by atoms with E-state index in [9.17, 15) is 8.42 Å². The molecule has 0 unspecified atom stereocenters. The molecule has 0 radical (unpaired) electrons. The zero-order valence-corrected chi connectivity index (χ0v) is 8.31. The zero-order chi connectivity index (χ0) is 6.62. The second kappa shape index (κ2) is 5.64. The molecule has 0 rings (SSSR count). The van der Waals surface area contributed by atoms with Gasteiger partial charge in [-0.3, -0.25) is 4.18 Å². The van der Waals surface area contributed by atoms with Crippen LogP contribution in [0.25, 0.3) is 0 Å². The van der Waals surface area contributed by atoms with Gasteiger partial charge in [-0.2, -0.15) is 8.42 Å². The van der Waals surface area contributed by atoms with Gasteiger partial charge in [0.15, 0.2) is 0 Å². The van der Waals surface area contributed by atoms with Crippen LogP contribution in [0.5, 0.6) is 0 Å². The molecule has 9 heavy (non-hydrogen) atoms. The number of aliphatic hydroxyl groups is 1. The standard InChI is InChI=1S/C3H8O4S.Na.H/c1-8(5,6)7-3-2-4;;/h4H,2-3H2,1H3;;/q;+1;-1. The van der Waals surface area contributed by atoms with E-state index in [0.29, 0.717) is 0 Å². The van der Waals surface area contributed by atoms with Crippen molar-refractivity contribution in [2.24, 2.45) is 0 Å². The number of hydrogen-bond donors (Lipinski definition) is 1. The molecule has 0 aromatic rings. The van der Waals surface area contributed by atoms with Crippen LogP contribution in [0.15, 0.2) is 0 Å². The van der Waals surface area contributed by atoms with E-state index in [1.165, 1.54) is 0 Å². The van der Waals surface area contributed by atoms with Gasteiger partial charge in [-0.1, -0.05) is 0 Å². The van der Waals surface area contributed by atoms with Gasteiger partial charge in [-0.25, -0.2) is 0 Å². The average Bonchev–Trinajstić information content (AvgIpc) is 1.59. The minimum absolute atomic E-state index is 0. The SMILES string of the molecule is CS(=O)(=O)OCCO.[H-].[Na+]. The molecule has 0 bridgehead atoms. The summed E-state index contributed by atoms with van der Waals surface area (Å²) >= 11 is 0. The fourth-order valence-corrected chi connectivity index (χ4v) is 0.566. The largest absolute Gasteiger partial charge is 1.00 e. The molecule has 0 amide bonds. The van der Waals surface area contributed by atoms with Crippen molar-refractivity contribution in [1.82, 2.24) is 0 Å². The molecular formula is C3H9NaO4S. The van der Waals surface area contributed by atoms with Crippen LogP contribution in [-0.2, 0) is 14.3 Å². The van der Waals surface area contributed by atoms with Crippen molar-refractivity contribution < 1.29 is 48.7 Å². The second-order valence-corrected chi connectivity index (χ2v) is 2.89. The van der Waals surface area contributed by atoms with E-state index in [1.54, 1.807) is 0 Å². The van der Waals surface area contributed by atoms with Crippen molar-refractivity contribution >= 4 is 10.1 Å². The Morgan fingerprint density at radius 1 is 1.67 bits per heavy atom. The Hall–Kier alpha value is 0.870. The van der Waals surface area contributed by atoms with Crippen molar-refractivity contribution in [3.63, 3.8) is 0 Å². The van der Waals surface area contributed by atoms with Gasteiger partial charge >= 0.3 is 29.6 Å². The van der Waals surface area contributed by atoms with Crippen molar-refractivity contribution in [3.8, 4) is 0 Å². The fraction of sp³-hybridized carbons (Fsp3) is 1.00. The molecule has 0 aromatic carbocycles. The van der Waals surface area contributed by atoms with Gasteiger partial charge in [0.1, 0.15) is 0 Å². The van der Waals surface area contributed by atoms with Crippen molar-refractivity contribution in [3.05, 3.63) is 0 Å². The van der Waals surface area contributed by atoms with Crippen LogP contribution in [0.3, 0.4) is 0 Å². The first-order valence-corrected chi connectivity index (χ1v) is 3.83. The molecule has 0 saturated carbocycles. The molecule has 0 atom stereocenters. The molecule has 0 spiro atoms. The maximum atomic E-state index is 10.1. The van der Waals surface area contributed by atoms with E-state index < -0.39 is 10.1 Å². The Morgan fingerprint density at radius 2 is 2.11 bits per heavy atom. The van der Waals surface area contributed by atoms with Gasteiger partial charge in [0.2, 0.25) is 0 Å². The van der Waals surface area contributed by atoms with Gasteiger partial charge in [-0.15, -0.1) is 0 Å². The molecule has 0 aromatic heterocycles. The van der Waals surface area contributed by atoms with E-state index in [4.69, 9.17) is 5.11 Å². The molecule has 0 heterocycles. The molecule has 0 aliphatic heterocycles. The summed E-state index contributed by atoms with van der Waals surface area (Å²) < 4.78 is 24.2. The van der Waals surface area contributed by atoms with Gasteiger partial charge in [0.25, 0.3) is 10.1 Å². The van der Waals surface area contributed by atoms with Crippen LogP contribution in [0.4, 0.5) is 0 Å². The molecule has 0 fully saturated rings.